The van der Waals surface area contributed by atoms with Crippen LogP contribution in [0.5, 0.6) is 11.5 Å². The number of hydrogen-bond acceptors (Lipinski definition) is 5. The molecule has 210 valence electrons. The van der Waals surface area contributed by atoms with Crippen LogP contribution < -0.4 is 14.8 Å². The van der Waals surface area contributed by atoms with Crippen molar-refractivity contribution in [2.45, 2.75) is 71.3 Å². The number of nitrogens with one attached hydrogen (secondary N) is 1. The zero-order valence-electron chi connectivity index (χ0n) is 22.7. The molecule has 7 nitrogen and oxygen atoms in total. The molecular formula is C29H35F3N4O3. The molecule has 0 radical (unpaired) electrons. The molecule has 0 spiro atoms. The predicted molar refractivity (Wildman–Crippen MR) is 143 cm³/mol. The van der Waals surface area contributed by atoms with Gasteiger partial charge in [0.1, 0.15) is 11.5 Å². The molecule has 0 saturated heterocycles. The van der Waals surface area contributed by atoms with E-state index < -0.39 is 6.36 Å². The highest BCUT2D eigenvalue weighted by atomic mass is 19.4. The lowest BCUT2D eigenvalue weighted by Crippen LogP contribution is -2.33. The van der Waals surface area contributed by atoms with Crippen LogP contribution in [0.2, 0.25) is 0 Å². The van der Waals surface area contributed by atoms with Gasteiger partial charge < -0.3 is 24.3 Å². The third-order valence-corrected chi connectivity index (χ3v) is 7.58. The Kier molecular flexibility index (Phi) is 7.15. The van der Waals surface area contributed by atoms with Crippen molar-refractivity contribution >= 4 is 28.6 Å². The van der Waals surface area contributed by atoms with Gasteiger partial charge in [-0.05, 0) is 79.8 Å². The fraction of sp³-hybridized carbons (Fsp3) is 0.517. The minimum atomic E-state index is -4.74. The van der Waals surface area contributed by atoms with E-state index in [9.17, 15) is 18.0 Å². The van der Waals surface area contributed by atoms with Crippen molar-refractivity contribution in [2.75, 3.05) is 19.0 Å². The van der Waals surface area contributed by atoms with Gasteiger partial charge in [0.2, 0.25) is 5.95 Å². The first-order valence-electron chi connectivity index (χ1n) is 13.4. The quantitative estimate of drug-likeness (QED) is 0.329. The Morgan fingerprint density at radius 1 is 1.13 bits per heavy atom. The van der Waals surface area contributed by atoms with E-state index in [4.69, 9.17) is 9.72 Å². The van der Waals surface area contributed by atoms with Gasteiger partial charge in [0.05, 0.1) is 11.0 Å². The zero-order chi connectivity index (χ0) is 27.9. The van der Waals surface area contributed by atoms with Crippen LogP contribution in [0.25, 0.3) is 11.0 Å². The predicted octanol–water partition coefficient (Wildman–Crippen LogP) is 7.07. The number of imidazole rings is 1. The Morgan fingerprint density at radius 2 is 1.82 bits per heavy atom. The van der Waals surface area contributed by atoms with Crippen molar-refractivity contribution in [3.63, 3.8) is 0 Å². The third-order valence-electron chi connectivity index (χ3n) is 7.58. The molecule has 5 rings (SSSR count). The second kappa shape index (κ2) is 10.3. The molecule has 2 aliphatic rings. The molecule has 3 aromatic rings. The summed E-state index contributed by atoms with van der Waals surface area (Å²) in [5.74, 6) is 1.35. The average Bonchev–Trinajstić information content (AvgIpc) is 3.62. The summed E-state index contributed by atoms with van der Waals surface area (Å²) in [4.78, 5) is 19.0. The van der Waals surface area contributed by atoms with Gasteiger partial charge in [0, 0.05) is 30.9 Å². The van der Waals surface area contributed by atoms with Crippen LogP contribution in [0.4, 0.5) is 24.8 Å². The van der Waals surface area contributed by atoms with Crippen LogP contribution in [0.1, 0.15) is 58.9 Å². The first-order valence-corrected chi connectivity index (χ1v) is 13.4. The van der Waals surface area contributed by atoms with Crippen molar-refractivity contribution in [3.8, 4) is 11.5 Å². The largest absolute Gasteiger partial charge is 0.573 e. The maximum Gasteiger partial charge on any atom is 0.573 e. The second-order valence-electron chi connectivity index (χ2n) is 11.7. The van der Waals surface area contributed by atoms with Crippen molar-refractivity contribution in [1.82, 2.24) is 14.5 Å². The summed E-state index contributed by atoms with van der Waals surface area (Å²) in [7, 11) is 1.81. The Bertz CT molecular complexity index is 1330. The number of ether oxygens (including phenoxy) is 2. The molecule has 2 atom stereocenters. The van der Waals surface area contributed by atoms with Crippen molar-refractivity contribution in [3.05, 3.63) is 42.5 Å². The second-order valence-corrected chi connectivity index (χ2v) is 11.7. The summed E-state index contributed by atoms with van der Waals surface area (Å²) in [6.45, 7) is 6.79. The van der Waals surface area contributed by atoms with Crippen LogP contribution >= 0.6 is 0 Å². The number of aromatic nitrogens is 2. The van der Waals surface area contributed by atoms with Gasteiger partial charge in [-0.25, -0.2) is 4.98 Å². The SMILES string of the molecule is C[C@H]1C[C@@H](n2c(Nc3ccc(OC(F)(F)F)cc3)nc3cc(OCC(=O)N(C)C4CC4)ccc32)CC(C)(C)C1. The Balaban J connectivity index is 1.43. The van der Waals surface area contributed by atoms with Crippen molar-refractivity contribution in [1.29, 1.82) is 0 Å². The smallest absolute Gasteiger partial charge is 0.484 e. The monoisotopic (exact) mass is 544 g/mol. The Labute approximate surface area is 226 Å². The summed E-state index contributed by atoms with van der Waals surface area (Å²) in [5, 5.41) is 3.31. The van der Waals surface area contributed by atoms with Crippen LogP contribution in [-0.2, 0) is 4.79 Å². The summed E-state index contributed by atoms with van der Waals surface area (Å²) >= 11 is 0. The van der Waals surface area contributed by atoms with E-state index >= 15 is 0 Å². The van der Waals surface area contributed by atoms with E-state index in [0.717, 1.165) is 37.6 Å². The summed E-state index contributed by atoms with van der Waals surface area (Å²) in [6, 6.07) is 11.8. The molecule has 2 saturated carbocycles. The van der Waals surface area contributed by atoms with Crippen LogP contribution in [-0.4, -0.2) is 46.4 Å². The number of anilines is 2. The molecule has 1 heterocycles. The van der Waals surface area contributed by atoms with E-state index in [0.29, 0.717) is 34.9 Å². The van der Waals surface area contributed by atoms with E-state index in [-0.39, 0.29) is 29.7 Å². The first kappa shape index (κ1) is 27.1. The lowest BCUT2D eigenvalue weighted by atomic mass is 9.70. The standard InChI is InChI=1S/C29H35F3N4O3/c1-18-13-21(16-28(2,3)15-18)36-25-12-11-23(38-17-26(37)35(4)20-7-8-20)14-24(25)34-27(36)33-19-5-9-22(10-6-19)39-29(30,31)32/h5-6,9-12,14,18,20-21H,7-8,13,15-17H2,1-4H3,(H,33,34)/t18-,21+/m0/s1. The normalized spacial score (nSPS) is 21.0. The Hall–Kier alpha value is -3.43. The molecule has 39 heavy (non-hydrogen) atoms. The molecular weight excluding hydrogens is 509 g/mol. The number of likely N-dealkylation sites (N-methyl/N-ethyl adjacent to an activating group) is 1. The van der Waals surface area contributed by atoms with Gasteiger partial charge in [0.15, 0.2) is 6.61 Å². The van der Waals surface area contributed by atoms with Gasteiger partial charge >= 0.3 is 6.36 Å². The lowest BCUT2D eigenvalue weighted by Gasteiger charge is -2.40. The van der Waals surface area contributed by atoms with Crippen LogP contribution in [0.3, 0.4) is 0 Å². The average molecular weight is 545 g/mol. The maximum atomic E-state index is 12.6. The number of nitrogens with zero attached hydrogens (tertiary/aromatic N) is 3. The molecule has 1 N–H and O–H groups in total. The summed E-state index contributed by atoms with van der Waals surface area (Å²) < 4.78 is 49.8. The van der Waals surface area contributed by atoms with Gasteiger partial charge in [-0.3, -0.25) is 4.79 Å². The van der Waals surface area contributed by atoms with Gasteiger partial charge in [-0.15, -0.1) is 13.2 Å². The van der Waals surface area contributed by atoms with Crippen LogP contribution in [0.15, 0.2) is 42.5 Å². The van der Waals surface area contributed by atoms with Gasteiger partial charge in [-0.1, -0.05) is 20.8 Å². The van der Waals surface area contributed by atoms with Crippen molar-refractivity contribution in [2.24, 2.45) is 11.3 Å². The van der Waals surface area contributed by atoms with E-state index in [2.05, 4.69) is 35.4 Å². The molecule has 2 aliphatic carbocycles. The number of rotatable bonds is 8. The molecule has 0 unspecified atom stereocenters. The van der Waals surface area contributed by atoms with Crippen molar-refractivity contribution < 1.29 is 27.4 Å². The molecule has 10 heteroatoms. The van der Waals surface area contributed by atoms with Gasteiger partial charge in [-0.2, -0.15) is 0 Å². The van der Waals surface area contributed by atoms with E-state index in [1.54, 1.807) is 11.9 Å². The summed E-state index contributed by atoms with van der Waals surface area (Å²) in [6.07, 6.45) is 0.427. The summed E-state index contributed by atoms with van der Waals surface area (Å²) in [5.41, 5.74) is 2.39. The molecule has 2 fully saturated rings. The minimum Gasteiger partial charge on any atom is -0.484 e. The number of halogens is 3. The number of hydrogen-bond donors (Lipinski definition) is 1. The zero-order valence-corrected chi connectivity index (χ0v) is 22.7. The number of carbonyl (C=O) groups excluding carboxylic acids is 1. The Morgan fingerprint density at radius 3 is 2.46 bits per heavy atom. The first-order chi connectivity index (χ1) is 18.4. The fourth-order valence-electron chi connectivity index (χ4n) is 5.90. The highest BCUT2D eigenvalue weighted by Crippen LogP contribution is 2.46. The molecule has 2 aromatic carbocycles. The third kappa shape index (κ3) is 6.59. The number of carbonyl (C=O) groups is 1. The fourth-order valence-corrected chi connectivity index (χ4v) is 5.90. The minimum absolute atomic E-state index is 0.0367. The molecule has 1 amide bonds. The number of benzene rings is 2. The number of alkyl halides is 3. The topological polar surface area (TPSA) is 68.6 Å². The van der Waals surface area contributed by atoms with E-state index in [1.807, 2.05) is 18.2 Å². The van der Waals surface area contributed by atoms with Gasteiger partial charge in [0.25, 0.3) is 5.91 Å². The van der Waals surface area contributed by atoms with E-state index in [1.165, 1.54) is 24.3 Å². The molecule has 0 aliphatic heterocycles. The number of fused-ring (bicyclic) bond motifs is 1. The molecule has 1 aromatic heterocycles. The maximum absolute atomic E-state index is 12.6. The number of amides is 1. The highest BCUT2D eigenvalue weighted by molar-refractivity contribution is 5.82. The van der Waals surface area contributed by atoms with Crippen LogP contribution in [0, 0.1) is 11.3 Å². The lowest BCUT2D eigenvalue weighted by molar-refractivity contribution is -0.274. The highest BCUT2D eigenvalue weighted by Gasteiger charge is 2.35. The molecule has 0 bridgehead atoms.